The number of hydrogen-bond donors (Lipinski definition) is 1. The van der Waals surface area contributed by atoms with Crippen molar-refractivity contribution in [3.63, 3.8) is 0 Å². The van der Waals surface area contributed by atoms with Crippen LogP contribution in [0, 0.1) is 0 Å². The van der Waals surface area contributed by atoms with E-state index in [1.54, 1.807) is 0 Å². The summed E-state index contributed by atoms with van der Waals surface area (Å²) in [5.41, 5.74) is 6.27. The quantitative estimate of drug-likeness (QED) is 0.523. The van der Waals surface area contributed by atoms with E-state index < -0.39 is 0 Å². The molecule has 1 aromatic rings. The maximum absolute atomic E-state index is 11.8. The number of carbonyl (C=O) groups excluding carboxylic acids is 1. The van der Waals surface area contributed by atoms with E-state index in [4.69, 9.17) is 5.73 Å². The van der Waals surface area contributed by atoms with Crippen LogP contribution in [0.4, 0.5) is 0 Å². The largest absolute Gasteiger partial charge is 0.330 e. The zero-order valence-corrected chi connectivity index (χ0v) is 10.5. The Morgan fingerprint density at radius 1 is 0.882 bits per heavy atom. The zero-order chi connectivity index (χ0) is 12.3. The molecule has 0 bridgehead atoms. The summed E-state index contributed by atoms with van der Waals surface area (Å²) in [5, 5.41) is 0. The van der Waals surface area contributed by atoms with Gasteiger partial charge in [-0.25, -0.2) is 0 Å². The van der Waals surface area contributed by atoms with Gasteiger partial charge >= 0.3 is 0 Å². The first-order chi connectivity index (χ1) is 8.34. The van der Waals surface area contributed by atoms with Crippen LogP contribution in [-0.4, -0.2) is 12.3 Å². The average Bonchev–Trinajstić information content (AvgIpc) is 2.38. The number of nitrogens with two attached hydrogens (primary N) is 1. The highest BCUT2D eigenvalue weighted by Crippen LogP contribution is 2.10. The van der Waals surface area contributed by atoms with Gasteiger partial charge in [-0.3, -0.25) is 4.79 Å². The molecule has 0 aliphatic rings. The Balaban J connectivity index is 2.05. The van der Waals surface area contributed by atoms with E-state index in [2.05, 4.69) is 0 Å². The van der Waals surface area contributed by atoms with Crippen molar-refractivity contribution in [2.45, 2.75) is 44.9 Å². The van der Waals surface area contributed by atoms with Gasteiger partial charge in [0, 0.05) is 12.0 Å². The van der Waals surface area contributed by atoms with Crippen LogP contribution in [0.25, 0.3) is 0 Å². The van der Waals surface area contributed by atoms with Crippen molar-refractivity contribution in [2.24, 2.45) is 5.73 Å². The summed E-state index contributed by atoms with van der Waals surface area (Å²) in [4.78, 5) is 11.8. The Morgan fingerprint density at radius 2 is 1.47 bits per heavy atom. The molecule has 0 aliphatic heterocycles. The van der Waals surface area contributed by atoms with Gasteiger partial charge in [-0.15, -0.1) is 0 Å². The van der Waals surface area contributed by atoms with E-state index in [1.165, 1.54) is 19.3 Å². The summed E-state index contributed by atoms with van der Waals surface area (Å²) in [6.07, 6.45) is 7.67. The third-order valence-corrected chi connectivity index (χ3v) is 2.95. The minimum Gasteiger partial charge on any atom is -0.330 e. The SMILES string of the molecule is NCCCCCCCCC(=O)c1ccccc1. The number of Topliss-reactive ketones (excluding diaryl/α,β-unsaturated/α-hetero) is 1. The molecular weight excluding hydrogens is 210 g/mol. The van der Waals surface area contributed by atoms with E-state index in [-0.39, 0.29) is 5.78 Å². The standard InChI is InChI=1S/C15H23NO/c16-13-9-4-2-1-3-8-12-15(17)14-10-6-5-7-11-14/h5-7,10-11H,1-4,8-9,12-13,16H2. The average molecular weight is 233 g/mol. The zero-order valence-electron chi connectivity index (χ0n) is 10.5. The van der Waals surface area contributed by atoms with Gasteiger partial charge in [0.15, 0.2) is 5.78 Å². The van der Waals surface area contributed by atoms with Gasteiger partial charge < -0.3 is 5.73 Å². The van der Waals surface area contributed by atoms with Gasteiger partial charge in [-0.1, -0.05) is 56.0 Å². The second kappa shape index (κ2) is 8.94. The molecule has 17 heavy (non-hydrogen) atoms. The summed E-state index contributed by atoms with van der Waals surface area (Å²) < 4.78 is 0. The van der Waals surface area contributed by atoms with Crippen molar-refractivity contribution >= 4 is 5.78 Å². The molecule has 1 rings (SSSR count). The fraction of sp³-hybridized carbons (Fsp3) is 0.533. The van der Waals surface area contributed by atoms with E-state index in [1.807, 2.05) is 30.3 Å². The highest BCUT2D eigenvalue weighted by atomic mass is 16.1. The second-order valence-corrected chi connectivity index (χ2v) is 4.45. The smallest absolute Gasteiger partial charge is 0.162 e. The number of rotatable bonds is 9. The Bertz CT molecular complexity index is 308. The number of carbonyl (C=O) groups is 1. The third kappa shape index (κ3) is 6.22. The van der Waals surface area contributed by atoms with Crippen molar-refractivity contribution in [3.8, 4) is 0 Å². The molecule has 2 heteroatoms. The molecule has 1 aromatic carbocycles. The molecule has 0 unspecified atom stereocenters. The molecule has 0 aromatic heterocycles. The van der Waals surface area contributed by atoms with Crippen LogP contribution in [0.1, 0.15) is 55.3 Å². The van der Waals surface area contributed by atoms with Gasteiger partial charge in [0.05, 0.1) is 0 Å². The lowest BCUT2D eigenvalue weighted by atomic mass is 10.0. The van der Waals surface area contributed by atoms with E-state index >= 15 is 0 Å². The van der Waals surface area contributed by atoms with Crippen molar-refractivity contribution in [1.82, 2.24) is 0 Å². The molecule has 0 saturated heterocycles. The van der Waals surface area contributed by atoms with E-state index in [0.717, 1.165) is 31.4 Å². The first-order valence-electron chi connectivity index (χ1n) is 6.63. The van der Waals surface area contributed by atoms with Crippen molar-refractivity contribution in [2.75, 3.05) is 6.54 Å². The predicted octanol–water partition coefficient (Wildman–Crippen LogP) is 3.56. The van der Waals surface area contributed by atoms with Crippen LogP contribution in [0.5, 0.6) is 0 Å². The summed E-state index contributed by atoms with van der Waals surface area (Å²) in [6, 6.07) is 9.56. The van der Waals surface area contributed by atoms with Crippen molar-refractivity contribution in [3.05, 3.63) is 35.9 Å². The maximum atomic E-state index is 11.8. The van der Waals surface area contributed by atoms with Gasteiger partial charge in [-0.05, 0) is 19.4 Å². The minimum atomic E-state index is 0.271. The first kappa shape index (κ1) is 13.9. The van der Waals surface area contributed by atoms with Crippen molar-refractivity contribution in [1.29, 1.82) is 0 Å². The highest BCUT2D eigenvalue weighted by Gasteiger charge is 2.03. The lowest BCUT2D eigenvalue weighted by Crippen LogP contribution is -1.99. The van der Waals surface area contributed by atoms with Crippen LogP contribution >= 0.6 is 0 Å². The van der Waals surface area contributed by atoms with Crippen LogP contribution in [0.3, 0.4) is 0 Å². The Labute approximate surface area is 104 Å². The van der Waals surface area contributed by atoms with Crippen LogP contribution in [0.15, 0.2) is 30.3 Å². The van der Waals surface area contributed by atoms with Crippen LogP contribution in [-0.2, 0) is 0 Å². The molecule has 0 atom stereocenters. The Kier molecular flexibility index (Phi) is 7.32. The summed E-state index contributed by atoms with van der Waals surface area (Å²) in [6.45, 7) is 0.798. The van der Waals surface area contributed by atoms with Gasteiger partial charge in [0.25, 0.3) is 0 Å². The highest BCUT2D eigenvalue weighted by molar-refractivity contribution is 5.95. The van der Waals surface area contributed by atoms with Gasteiger partial charge in [0.1, 0.15) is 0 Å². The molecular formula is C15H23NO. The van der Waals surface area contributed by atoms with Crippen molar-refractivity contribution < 1.29 is 4.79 Å². The summed E-state index contributed by atoms with van der Waals surface area (Å²) in [5.74, 6) is 0.271. The molecule has 0 aliphatic carbocycles. The Morgan fingerprint density at radius 3 is 2.12 bits per heavy atom. The van der Waals surface area contributed by atoms with E-state index in [9.17, 15) is 4.79 Å². The van der Waals surface area contributed by atoms with Gasteiger partial charge in [0.2, 0.25) is 0 Å². The van der Waals surface area contributed by atoms with Gasteiger partial charge in [-0.2, -0.15) is 0 Å². The molecule has 0 saturated carbocycles. The maximum Gasteiger partial charge on any atom is 0.162 e. The normalized spacial score (nSPS) is 10.4. The molecule has 0 radical (unpaired) electrons. The number of hydrogen-bond acceptors (Lipinski definition) is 2. The molecule has 2 nitrogen and oxygen atoms in total. The molecule has 94 valence electrons. The number of benzene rings is 1. The molecule has 0 amide bonds. The molecule has 0 spiro atoms. The number of unbranched alkanes of at least 4 members (excludes halogenated alkanes) is 5. The predicted molar refractivity (Wildman–Crippen MR) is 72.1 cm³/mol. The van der Waals surface area contributed by atoms with E-state index in [0.29, 0.717) is 6.42 Å². The molecule has 2 N–H and O–H groups in total. The summed E-state index contributed by atoms with van der Waals surface area (Å²) >= 11 is 0. The number of ketones is 1. The minimum absolute atomic E-state index is 0.271. The Hall–Kier alpha value is -1.15. The lowest BCUT2D eigenvalue weighted by Gasteiger charge is -2.01. The second-order valence-electron chi connectivity index (χ2n) is 4.45. The fourth-order valence-electron chi connectivity index (χ4n) is 1.91. The summed E-state index contributed by atoms with van der Waals surface area (Å²) in [7, 11) is 0. The van der Waals surface area contributed by atoms with Crippen LogP contribution < -0.4 is 5.73 Å². The molecule has 0 fully saturated rings. The fourth-order valence-corrected chi connectivity index (χ4v) is 1.91. The monoisotopic (exact) mass is 233 g/mol. The lowest BCUT2D eigenvalue weighted by molar-refractivity contribution is 0.0979. The third-order valence-electron chi connectivity index (χ3n) is 2.95. The van der Waals surface area contributed by atoms with Crippen LogP contribution in [0.2, 0.25) is 0 Å². The first-order valence-corrected chi connectivity index (χ1v) is 6.63. The molecule has 0 heterocycles. The topological polar surface area (TPSA) is 43.1 Å².